The normalized spacial score (nSPS) is 10.1. The average Bonchev–Trinajstić information content (AvgIpc) is 1.96. The second-order valence-electron chi connectivity index (χ2n) is 2.03. The Balaban J connectivity index is 3.24. The Morgan fingerprint density at radius 1 is 1.36 bits per heavy atom. The molecule has 0 saturated heterocycles. The van der Waals surface area contributed by atoms with E-state index in [0.29, 0.717) is 11.1 Å². The molecule has 0 unspecified atom stereocenters. The molecule has 0 heterocycles. The van der Waals surface area contributed by atoms with Crippen LogP contribution in [0.2, 0.25) is 0 Å². The van der Waals surface area contributed by atoms with E-state index in [1.807, 2.05) is 12.1 Å². The quantitative estimate of drug-likeness (QED) is 0.525. The van der Waals surface area contributed by atoms with Crippen LogP contribution in [-0.4, -0.2) is 5.11 Å². The highest BCUT2D eigenvalue weighted by Crippen LogP contribution is 2.28. The first-order chi connectivity index (χ1) is 5.15. The summed E-state index contributed by atoms with van der Waals surface area (Å²) in [5.41, 5.74) is 0.946. The highest BCUT2D eigenvalue weighted by Gasteiger charge is 2.04. The van der Waals surface area contributed by atoms with Gasteiger partial charge in [-0.15, -0.1) is 0 Å². The lowest BCUT2D eigenvalue weighted by atomic mass is 10.2. The van der Waals surface area contributed by atoms with Gasteiger partial charge in [0.2, 0.25) is 0 Å². The number of hydrogen-bond donors (Lipinski definition) is 1. The summed E-state index contributed by atoms with van der Waals surface area (Å²) < 4.78 is 2.06. The summed E-state index contributed by atoms with van der Waals surface area (Å²) >= 11 is 7.67. The van der Waals surface area contributed by atoms with E-state index in [-0.39, 0.29) is 0 Å². The molecule has 0 bridgehead atoms. The smallest absolute Gasteiger partial charge is 0.133 e. The minimum atomic E-state index is 0.392. The van der Waals surface area contributed by atoms with Crippen molar-refractivity contribution in [2.45, 2.75) is 5.33 Å². The lowest BCUT2D eigenvalue weighted by Crippen LogP contribution is -1.84. The van der Waals surface area contributed by atoms with E-state index >= 15 is 0 Å². The summed E-state index contributed by atoms with van der Waals surface area (Å²) in [6, 6.07) is 3.91. The summed E-state index contributed by atoms with van der Waals surface area (Å²) in [4.78, 5) is 0. The number of phenolic OH excluding ortho intramolecular Hbond substituents is 1. The molecule has 0 saturated carbocycles. The zero-order chi connectivity index (χ0) is 8.43. The molecule has 1 aromatic carbocycles. The van der Waals surface area contributed by atoms with Crippen molar-refractivity contribution in [1.29, 1.82) is 0 Å². The minimum absolute atomic E-state index is 0.392. The Kier molecular flexibility index (Phi) is 3.90. The average molecular weight is 439 g/mol. The van der Waals surface area contributed by atoms with Crippen molar-refractivity contribution in [2.24, 2.45) is 0 Å². The standard InChI is InChI=1S/C7H5BrI2O/c8-3-4-1-5(9)2-6(10)7(4)11/h1-2,11H,3H2. The molecule has 1 rings (SSSR count). The van der Waals surface area contributed by atoms with Gasteiger partial charge in [0.25, 0.3) is 0 Å². The molecule has 1 nitrogen and oxygen atoms in total. The maximum Gasteiger partial charge on any atom is 0.133 e. The fraction of sp³-hybridized carbons (Fsp3) is 0.143. The third-order valence-corrected chi connectivity index (χ3v) is 3.30. The van der Waals surface area contributed by atoms with Gasteiger partial charge in [0.05, 0.1) is 3.57 Å². The number of halogens is 3. The van der Waals surface area contributed by atoms with Gasteiger partial charge in [-0.2, -0.15) is 0 Å². The first-order valence-electron chi connectivity index (χ1n) is 2.88. The molecule has 4 heteroatoms. The van der Waals surface area contributed by atoms with Gasteiger partial charge in [0.1, 0.15) is 5.75 Å². The molecule has 0 aliphatic heterocycles. The molecule has 60 valence electrons. The molecule has 0 fully saturated rings. The number of alkyl halides is 1. The number of phenols is 1. The summed E-state index contributed by atoms with van der Waals surface area (Å²) in [6.45, 7) is 0. The van der Waals surface area contributed by atoms with Crippen LogP contribution >= 0.6 is 61.1 Å². The van der Waals surface area contributed by atoms with E-state index < -0.39 is 0 Å². The molecule has 0 atom stereocenters. The molecule has 0 aromatic heterocycles. The van der Waals surface area contributed by atoms with Crippen LogP contribution in [0.1, 0.15) is 5.56 Å². The van der Waals surface area contributed by atoms with Crippen LogP contribution in [0.5, 0.6) is 5.75 Å². The van der Waals surface area contributed by atoms with Crippen LogP contribution in [0, 0.1) is 7.14 Å². The minimum Gasteiger partial charge on any atom is -0.507 e. The highest BCUT2D eigenvalue weighted by atomic mass is 127. The van der Waals surface area contributed by atoms with Gasteiger partial charge >= 0.3 is 0 Å². The zero-order valence-electron chi connectivity index (χ0n) is 5.44. The fourth-order valence-corrected chi connectivity index (χ4v) is 3.11. The Hall–Kier alpha value is 0.960. The molecule has 0 aliphatic carbocycles. The van der Waals surface area contributed by atoms with Crippen molar-refractivity contribution in [3.63, 3.8) is 0 Å². The molecular weight excluding hydrogens is 434 g/mol. The van der Waals surface area contributed by atoms with E-state index in [2.05, 4.69) is 61.1 Å². The van der Waals surface area contributed by atoms with Crippen LogP contribution in [0.15, 0.2) is 12.1 Å². The van der Waals surface area contributed by atoms with Gasteiger partial charge in [0, 0.05) is 14.5 Å². The van der Waals surface area contributed by atoms with Gasteiger partial charge in [-0.1, -0.05) is 15.9 Å². The summed E-state index contributed by atoms with van der Waals surface area (Å²) in [5.74, 6) is 0.392. The van der Waals surface area contributed by atoms with Crippen LogP contribution in [0.25, 0.3) is 0 Å². The largest absolute Gasteiger partial charge is 0.507 e. The van der Waals surface area contributed by atoms with Gasteiger partial charge < -0.3 is 5.11 Å². The molecule has 0 amide bonds. The van der Waals surface area contributed by atoms with Crippen molar-refractivity contribution in [3.8, 4) is 5.75 Å². The lowest BCUT2D eigenvalue weighted by Gasteiger charge is -2.03. The topological polar surface area (TPSA) is 20.2 Å². The van der Waals surface area contributed by atoms with Crippen molar-refractivity contribution < 1.29 is 5.11 Å². The Bertz CT molecular complexity index is 275. The molecule has 1 N–H and O–H groups in total. The lowest BCUT2D eigenvalue weighted by molar-refractivity contribution is 0.467. The molecule has 0 spiro atoms. The van der Waals surface area contributed by atoms with Crippen molar-refractivity contribution >= 4 is 61.1 Å². The predicted molar refractivity (Wildman–Crippen MR) is 66.2 cm³/mol. The van der Waals surface area contributed by atoms with E-state index in [1.165, 1.54) is 0 Å². The van der Waals surface area contributed by atoms with E-state index in [4.69, 9.17) is 0 Å². The van der Waals surface area contributed by atoms with Crippen molar-refractivity contribution in [1.82, 2.24) is 0 Å². The second kappa shape index (κ2) is 4.27. The Morgan fingerprint density at radius 3 is 2.55 bits per heavy atom. The molecular formula is C7H5BrI2O. The molecule has 1 aromatic rings. The van der Waals surface area contributed by atoms with Crippen molar-refractivity contribution in [2.75, 3.05) is 0 Å². The number of aromatic hydroxyl groups is 1. The van der Waals surface area contributed by atoms with Gasteiger partial charge in [-0.05, 0) is 57.3 Å². The summed E-state index contributed by atoms with van der Waals surface area (Å²) in [7, 11) is 0. The SMILES string of the molecule is Oc1c(I)cc(I)cc1CBr. The second-order valence-corrected chi connectivity index (χ2v) is 5.00. The van der Waals surface area contributed by atoms with Crippen LogP contribution in [-0.2, 0) is 5.33 Å². The van der Waals surface area contributed by atoms with Crippen LogP contribution in [0.3, 0.4) is 0 Å². The first-order valence-corrected chi connectivity index (χ1v) is 6.16. The Morgan fingerprint density at radius 2 is 2.00 bits per heavy atom. The Labute approximate surface area is 101 Å². The third kappa shape index (κ3) is 2.45. The van der Waals surface area contributed by atoms with Crippen LogP contribution in [0.4, 0.5) is 0 Å². The summed E-state index contributed by atoms with van der Waals surface area (Å²) in [6.07, 6.45) is 0. The molecule has 11 heavy (non-hydrogen) atoms. The number of rotatable bonds is 1. The first kappa shape index (κ1) is 10.0. The molecule has 0 radical (unpaired) electrons. The number of hydrogen-bond acceptors (Lipinski definition) is 1. The highest BCUT2D eigenvalue weighted by molar-refractivity contribution is 14.1. The van der Waals surface area contributed by atoms with Crippen molar-refractivity contribution in [3.05, 3.63) is 24.8 Å². The predicted octanol–water partition coefficient (Wildman–Crippen LogP) is 3.50. The molecule has 0 aliphatic rings. The van der Waals surface area contributed by atoms with Gasteiger partial charge in [-0.25, -0.2) is 0 Å². The maximum absolute atomic E-state index is 9.48. The van der Waals surface area contributed by atoms with E-state index in [0.717, 1.165) is 12.7 Å². The van der Waals surface area contributed by atoms with Gasteiger partial charge in [-0.3, -0.25) is 0 Å². The van der Waals surface area contributed by atoms with Gasteiger partial charge in [0.15, 0.2) is 0 Å². The third-order valence-electron chi connectivity index (χ3n) is 1.25. The monoisotopic (exact) mass is 438 g/mol. The summed E-state index contributed by atoms with van der Waals surface area (Å²) in [5, 5.41) is 10.2. The van der Waals surface area contributed by atoms with Crippen LogP contribution < -0.4 is 0 Å². The van der Waals surface area contributed by atoms with E-state index in [1.54, 1.807) is 0 Å². The maximum atomic E-state index is 9.48. The number of benzene rings is 1. The zero-order valence-corrected chi connectivity index (χ0v) is 11.3. The fourth-order valence-electron chi connectivity index (χ4n) is 0.721. The van der Waals surface area contributed by atoms with E-state index in [9.17, 15) is 5.11 Å².